The Balaban J connectivity index is 0.00000272. The standard InChI is InChI=1S/C22H27N5OS2.HI/c1-23-22(24-14-18-16-30-21(26-18)17-6-3-2-4-7-17)25-15-19(20-8-5-13-29-20)27-9-11-28-12-10-27;/h2-8,13,16,19H,9-12,14-15H2,1H3,(H2,23,24,25);1H. The fourth-order valence-corrected chi connectivity index (χ4v) is 5.16. The highest BCUT2D eigenvalue weighted by Crippen LogP contribution is 2.25. The van der Waals surface area contributed by atoms with Crippen molar-refractivity contribution in [3.8, 4) is 10.6 Å². The maximum absolute atomic E-state index is 5.53. The highest BCUT2D eigenvalue weighted by molar-refractivity contribution is 14.0. The molecule has 2 N–H and O–H groups in total. The van der Waals surface area contributed by atoms with E-state index in [9.17, 15) is 0 Å². The minimum Gasteiger partial charge on any atom is -0.379 e. The molecule has 0 spiro atoms. The molecule has 31 heavy (non-hydrogen) atoms. The minimum absolute atomic E-state index is 0. The zero-order valence-electron chi connectivity index (χ0n) is 17.5. The van der Waals surface area contributed by atoms with Crippen molar-refractivity contribution in [1.29, 1.82) is 0 Å². The van der Waals surface area contributed by atoms with E-state index in [1.165, 1.54) is 4.88 Å². The Kier molecular flexibility index (Phi) is 9.72. The highest BCUT2D eigenvalue weighted by Gasteiger charge is 2.23. The fourth-order valence-electron chi connectivity index (χ4n) is 3.47. The molecule has 1 unspecified atom stereocenters. The lowest BCUT2D eigenvalue weighted by molar-refractivity contribution is 0.0177. The molecular weight excluding hydrogens is 541 g/mol. The molecule has 1 aliphatic heterocycles. The first kappa shape index (κ1) is 24.1. The predicted molar refractivity (Wildman–Crippen MR) is 141 cm³/mol. The lowest BCUT2D eigenvalue weighted by Crippen LogP contribution is -2.46. The molecule has 2 aromatic heterocycles. The molecule has 0 bridgehead atoms. The van der Waals surface area contributed by atoms with Gasteiger partial charge in [-0.3, -0.25) is 9.89 Å². The van der Waals surface area contributed by atoms with Crippen molar-refractivity contribution in [2.45, 2.75) is 12.6 Å². The number of benzene rings is 1. The maximum atomic E-state index is 5.53. The number of aromatic nitrogens is 1. The van der Waals surface area contributed by atoms with Gasteiger partial charge in [-0.1, -0.05) is 36.4 Å². The average molecular weight is 570 g/mol. The van der Waals surface area contributed by atoms with Gasteiger partial charge in [0.2, 0.25) is 0 Å². The Morgan fingerprint density at radius 3 is 2.65 bits per heavy atom. The van der Waals surface area contributed by atoms with E-state index in [-0.39, 0.29) is 24.0 Å². The Bertz CT molecular complexity index is 927. The number of halogens is 1. The van der Waals surface area contributed by atoms with E-state index in [0.29, 0.717) is 12.6 Å². The summed E-state index contributed by atoms with van der Waals surface area (Å²) in [6.07, 6.45) is 0. The van der Waals surface area contributed by atoms with Gasteiger partial charge in [-0.05, 0) is 11.4 Å². The van der Waals surface area contributed by atoms with E-state index in [2.05, 4.69) is 55.6 Å². The van der Waals surface area contributed by atoms with Crippen molar-refractivity contribution in [2.75, 3.05) is 39.9 Å². The van der Waals surface area contributed by atoms with Crippen molar-refractivity contribution < 1.29 is 4.74 Å². The molecule has 0 amide bonds. The minimum atomic E-state index is 0. The van der Waals surface area contributed by atoms with Crippen LogP contribution < -0.4 is 10.6 Å². The highest BCUT2D eigenvalue weighted by atomic mass is 127. The van der Waals surface area contributed by atoms with Crippen LogP contribution in [0.2, 0.25) is 0 Å². The predicted octanol–water partition coefficient (Wildman–Crippen LogP) is 4.23. The zero-order chi connectivity index (χ0) is 20.6. The van der Waals surface area contributed by atoms with E-state index >= 15 is 0 Å². The monoisotopic (exact) mass is 569 g/mol. The van der Waals surface area contributed by atoms with Crippen LogP contribution in [0.4, 0.5) is 0 Å². The lowest BCUT2D eigenvalue weighted by Gasteiger charge is -2.34. The van der Waals surface area contributed by atoms with E-state index < -0.39 is 0 Å². The van der Waals surface area contributed by atoms with Crippen LogP contribution in [0.1, 0.15) is 16.6 Å². The third-order valence-corrected chi connectivity index (χ3v) is 6.97. The molecule has 0 saturated carbocycles. The molecule has 1 aromatic carbocycles. The van der Waals surface area contributed by atoms with Gasteiger partial charge in [0, 0.05) is 42.5 Å². The van der Waals surface area contributed by atoms with Gasteiger partial charge in [-0.25, -0.2) is 4.98 Å². The number of nitrogens with zero attached hydrogens (tertiary/aromatic N) is 3. The van der Waals surface area contributed by atoms with Gasteiger partial charge < -0.3 is 15.4 Å². The number of thiophene rings is 1. The quantitative estimate of drug-likeness (QED) is 0.254. The van der Waals surface area contributed by atoms with E-state index in [1.807, 2.05) is 18.2 Å². The third kappa shape index (κ3) is 6.72. The number of thiazole rings is 1. The summed E-state index contributed by atoms with van der Waals surface area (Å²) in [5.41, 5.74) is 2.17. The molecule has 166 valence electrons. The van der Waals surface area contributed by atoms with Gasteiger partial charge in [0.25, 0.3) is 0 Å². The van der Waals surface area contributed by atoms with E-state index in [4.69, 9.17) is 9.72 Å². The molecule has 1 fully saturated rings. The van der Waals surface area contributed by atoms with E-state index in [1.54, 1.807) is 29.7 Å². The second kappa shape index (κ2) is 12.5. The molecule has 6 nitrogen and oxygen atoms in total. The first-order chi connectivity index (χ1) is 14.8. The molecule has 1 aliphatic rings. The summed E-state index contributed by atoms with van der Waals surface area (Å²) in [5, 5.41) is 12.2. The lowest BCUT2D eigenvalue weighted by atomic mass is 10.2. The summed E-state index contributed by atoms with van der Waals surface area (Å²) in [6, 6.07) is 14.9. The van der Waals surface area contributed by atoms with Gasteiger partial charge in [0.1, 0.15) is 5.01 Å². The molecule has 0 aliphatic carbocycles. The van der Waals surface area contributed by atoms with Gasteiger partial charge in [-0.2, -0.15) is 0 Å². The van der Waals surface area contributed by atoms with Gasteiger partial charge >= 0.3 is 0 Å². The molecule has 9 heteroatoms. The molecule has 0 radical (unpaired) electrons. The molecule has 1 saturated heterocycles. The van der Waals surface area contributed by atoms with Crippen LogP contribution in [0.25, 0.3) is 10.6 Å². The van der Waals surface area contributed by atoms with Gasteiger partial charge in [0.15, 0.2) is 5.96 Å². The van der Waals surface area contributed by atoms with Crippen LogP contribution in [-0.4, -0.2) is 55.7 Å². The summed E-state index contributed by atoms with van der Waals surface area (Å²) in [5.74, 6) is 0.791. The molecule has 3 aromatic rings. The summed E-state index contributed by atoms with van der Waals surface area (Å²) in [4.78, 5) is 13.0. The van der Waals surface area contributed by atoms with Crippen LogP contribution >= 0.6 is 46.7 Å². The van der Waals surface area contributed by atoms with Crippen LogP contribution in [-0.2, 0) is 11.3 Å². The Hall–Kier alpha value is -1.53. The number of hydrogen-bond donors (Lipinski definition) is 2. The van der Waals surface area contributed by atoms with Crippen molar-refractivity contribution in [2.24, 2.45) is 4.99 Å². The van der Waals surface area contributed by atoms with Crippen LogP contribution in [0.15, 0.2) is 58.2 Å². The number of hydrogen-bond acceptors (Lipinski definition) is 6. The smallest absolute Gasteiger partial charge is 0.191 e. The Morgan fingerprint density at radius 1 is 1.13 bits per heavy atom. The van der Waals surface area contributed by atoms with Crippen molar-refractivity contribution in [3.63, 3.8) is 0 Å². The summed E-state index contributed by atoms with van der Waals surface area (Å²) in [6.45, 7) is 4.94. The van der Waals surface area contributed by atoms with Crippen molar-refractivity contribution in [3.05, 3.63) is 63.8 Å². The normalized spacial score (nSPS) is 15.8. The van der Waals surface area contributed by atoms with E-state index in [0.717, 1.165) is 55.1 Å². The molecular formula is C22H28IN5OS2. The molecule has 3 heterocycles. The Morgan fingerprint density at radius 2 is 1.94 bits per heavy atom. The first-order valence-electron chi connectivity index (χ1n) is 10.1. The van der Waals surface area contributed by atoms with Gasteiger partial charge in [-0.15, -0.1) is 46.7 Å². The molecule has 1 atom stereocenters. The summed E-state index contributed by atoms with van der Waals surface area (Å²) in [7, 11) is 1.81. The third-order valence-electron chi connectivity index (χ3n) is 5.05. The number of rotatable bonds is 7. The maximum Gasteiger partial charge on any atom is 0.191 e. The van der Waals surface area contributed by atoms with Crippen molar-refractivity contribution >= 4 is 52.6 Å². The Labute approximate surface area is 208 Å². The first-order valence-corrected chi connectivity index (χ1v) is 11.9. The number of morpholine rings is 1. The number of ether oxygens (including phenoxy) is 1. The topological polar surface area (TPSA) is 61.8 Å². The van der Waals surface area contributed by atoms with Crippen LogP contribution in [0.5, 0.6) is 0 Å². The van der Waals surface area contributed by atoms with Crippen LogP contribution in [0, 0.1) is 0 Å². The second-order valence-corrected chi connectivity index (χ2v) is 8.83. The van der Waals surface area contributed by atoms with Gasteiger partial charge in [0.05, 0.1) is 31.5 Å². The number of nitrogens with one attached hydrogen (secondary N) is 2. The average Bonchev–Trinajstić information content (AvgIpc) is 3.50. The zero-order valence-corrected chi connectivity index (χ0v) is 21.5. The second-order valence-electron chi connectivity index (χ2n) is 7.00. The SMILES string of the molecule is CN=C(NCc1csc(-c2ccccc2)n1)NCC(c1cccs1)N1CCOCC1.I. The molecule has 4 rings (SSSR count). The largest absolute Gasteiger partial charge is 0.379 e. The summed E-state index contributed by atoms with van der Waals surface area (Å²) < 4.78 is 5.53. The van der Waals surface area contributed by atoms with Crippen molar-refractivity contribution in [1.82, 2.24) is 20.5 Å². The summed E-state index contributed by atoms with van der Waals surface area (Å²) >= 11 is 3.47. The van der Waals surface area contributed by atoms with Crippen LogP contribution in [0.3, 0.4) is 0 Å². The number of aliphatic imine (C=N–C) groups is 1. The number of guanidine groups is 1. The fraction of sp³-hybridized carbons (Fsp3) is 0.364.